The maximum absolute atomic E-state index is 14.0. The predicted octanol–water partition coefficient (Wildman–Crippen LogP) is 5.36. The molecule has 0 bridgehead atoms. The first-order chi connectivity index (χ1) is 13.5. The molecule has 144 valence electrons. The minimum Gasteiger partial charge on any atom is -0.454 e. The van der Waals surface area contributed by atoms with E-state index in [1.54, 1.807) is 36.7 Å². The number of aromatic nitrogens is 1. The van der Waals surface area contributed by atoms with Crippen LogP contribution in [0, 0.1) is 11.6 Å². The quantitative estimate of drug-likeness (QED) is 0.465. The monoisotopic (exact) mass is 401 g/mol. The van der Waals surface area contributed by atoms with Gasteiger partial charge in [0.05, 0.1) is 0 Å². The average Bonchev–Trinajstić information content (AvgIpc) is 2.69. The van der Waals surface area contributed by atoms with E-state index in [0.717, 1.165) is 17.8 Å². The van der Waals surface area contributed by atoms with E-state index >= 15 is 0 Å². The van der Waals surface area contributed by atoms with Crippen LogP contribution in [0.3, 0.4) is 0 Å². The van der Waals surface area contributed by atoms with E-state index < -0.39 is 11.6 Å². The first-order valence-electron chi connectivity index (χ1n) is 8.22. The number of pyridine rings is 1. The highest BCUT2D eigenvalue weighted by Gasteiger charge is 2.13. The molecule has 3 N–H and O–H groups in total. The maximum atomic E-state index is 14.0. The van der Waals surface area contributed by atoms with Crippen molar-refractivity contribution in [1.82, 2.24) is 4.98 Å². The lowest BCUT2D eigenvalue weighted by atomic mass is 10.1. The molecule has 2 aromatic carbocycles. The summed E-state index contributed by atoms with van der Waals surface area (Å²) in [7, 11) is 1.64. The molecular weight excluding hydrogens is 384 g/mol. The van der Waals surface area contributed by atoms with Gasteiger partial charge >= 0.3 is 0 Å². The van der Waals surface area contributed by atoms with E-state index in [0.29, 0.717) is 22.6 Å². The molecule has 28 heavy (non-hydrogen) atoms. The van der Waals surface area contributed by atoms with Crippen molar-refractivity contribution in [3.8, 4) is 22.6 Å². The summed E-state index contributed by atoms with van der Waals surface area (Å²) in [6.07, 6.45) is 1.54. The van der Waals surface area contributed by atoms with Gasteiger partial charge in [-0.15, -0.1) is 0 Å². The lowest BCUT2D eigenvalue weighted by molar-refractivity contribution is 0.439. The Labute approximate surface area is 164 Å². The van der Waals surface area contributed by atoms with Gasteiger partial charge in [-0.05, 0) is 53.8 Å². The second-order valence-corrected chi connectivity index (χ2v) is 6.43. The Morgan fingerprint density at radius 1 is 1.14 bits per heavy atom. The van der Waals surface area contributed by atoms with Gasteiger partial charge in [0, 0.05) is 36.1 Å². The van der Waals surface area contributed by atoms with Crippen LogP contribution in [0.4, 0.5) is 20.2 Å². The van der Waals surface area contributed by atoms with Crippen molar-refractivity contribution in [1.29, 1.82) is 0 Å². The number of hydrogen-bond acceptors (Lipinski definition) is 5. The van der Waals surface area contributed by atoms with E-state index in [2.05, 4.69) is 21.6 Å². The van der Waals surface area contributed by atoms with Crippen LogP contribution in [0.15, 0.2) is 65.4 Å². The smallest absolute Gasteiger partial charge is 0.271 e. The number of nitrogens with one attached hydrogen (secondary N) is 3. The lowest BCUT2D eigenvalue weighted by Crippen LogP contribution is -2.10. The van der Waals surface area contributed by atoms with Gasteiger partial charge in [0.1, 0.15) is 17.3 Å². The van der Waals surface area contributed by atoms with Crippen molar-refractivity contribution < 1.29 is 13.5 Å². The number of benzene rings is 2. The Hall–Kier alpha value is -3.26. The van der Waals surface area contributed by atoms with Crippen molar-refractivity contribution in [3.05, 3.63) is 82.6 Å². The third kappa shape index (κ3) is 4.34. The summed E-state index contributed by atoms with van der Waals surface area (Å²) in [5, 5.41) is 4.46. The van der Waals surface area contributed by atoms with Crippen molar-refractivity contribution in [2.45, 2.75) is 0 Å². The van der Waals surface area contributed by atoms with Crippen LogP contribution in [-0.4, -0.2) is 12.0 Å². The van der Waals surface area contributed by atoms with Gasteiger partial charge in [0.2, 0.25) is 0 Å². The van der Waals surface area contributed by atoms with Crippen LogP contribution >= 0.6 is 11.9 Å². The Balaban J connectivity index is 2.08. The van der Waals surface area contributed by atoms with Crippen molar-refractivity contribution in [2.75, 3.05) is 17.1 Å². The first kappa shape index (κ1) is 19.5. The second-order valence-electron chi connectivity index (χ2n) is 5.66. The first-order valence-corrected chi connectivity index (χ1v) is 9.10. The zero-order chi connectivity index (χ0) is 20.1. The molecule has 0 fully saturated rings. The Kier molecular flexibility index (Phi) is 6.00. The fourth-order valence-electron chi connectivity index (χ4n) is 2.52. The summed E-state index contributed by atoms with van der Waals surface area (Å²) in [6, 6.07) is 9.96. The Morgan fingerprint density at radius 3 is 2.64 bits per heavy atom. The van der Waals surface area contributed by atoms with Gasteiger partial charge in [-0.25, -0.2) is 8.78 Å². The molecule has 0 unspecified atom stereocenters. The number of aromatic amines is 1. The van der Waals surface area contributed by atoms with Gasteiger partial charge in [0.15, 0.2) is 11.6 Å². The Bertz CT molecular complexity index is 1070. The molecule has 0 aliphatic carbocycles. The molecule has 0 atom stereocenters. The number of rotatable bonds is 7. The van der Waals surface area contributed by atoms with Crippen LogP contribution in [0.25, 0.3) is 11.1 Å². The van der Waals surface area contributed by atoms with Crippen LogP contribution in [0.2, 0.25) is 0 Å². The molecule has 0 radical (unpaired) electrons. The van der Waals surface area contributed by atoms with Crippen molar-refractivity contribution in [3.63, 3.8) is 0 Å². The molecule has 3 rings (SSSR count). The molecular formula is C20H17F2N3O2S. The third-order valence-corrected chi connectivity index (χ3v) is 4.36. The molecule has 0 aliphatic rings. The van der Waals surface area contributed by atoms with Gasteiger partial charge in [-0.3, -0.25) is 4.79 Å². The van der Waals surface area contributed by atoms with Gasteiger partial charge in [-0.1, -0.05) is 6.58 Å². The molecule has 5 nitrogen and oxygen atoms in total. The highest BCUT2D eigenvalue weighted by atomic mass is 32.2. The highest BCUT2D eigenvalue weighted by Crippen LogP contribution is 2.37. The zero-order valence-corrected chi connectivity index (χ0v) is 15.7. The molecule has 0 amide bonds. The van der Waals surface area contributed by atoms with Crippen LogP contribution in [0.1, 0.15) is 0 Å². The summed E-state index contributed by atoms with van der Waals surface area (Å²) in [5.41, 5.74) is 2.11. The summed E-state index contributed by atoms with van der Waals surface area (Å²) < 4.78 is 36.0. The van der Waals surface area contributed by atoms with Crippen molar-refractivity contribution >= 4 is 23.3 Å². The topological polar surface area (TPSA) is 66.1 Å². The number of H-pyrrole nitrogens is 1. The van der Waals surface area contributed by atoms with E-state index in [9.17, 15) is 13.6 Å². The molecule has 0 spiro atoms. The number of hydrogen-bond donors (Lipinski definition) is 3. The minimum absolute atomic E-state index is 0.109. The van der Waals surface area contributed by atoms with Gasteiger partial charge < -0.3 is 19.8 Å². The maximum Gasteiger partial charge on any atom is 0.271 e. The minimum atomic E-state index is -0.812. The normalized spacial score (nSPS) is 10.4. The van der Waals surface area contributed by atoms with Gasteiger partial charge in [-0.2, -0.15) is 0 Å². The molecule has 8 heteroatoms. The van der Waals surface area contributed by atoms with E-state index in [1.165, 1.54) is 24.2 Å². The van der Waals surface area contributed by atoms with Crippen LogP contribution in [-0.2, 0) is 0 Å². The van der Waals surface area contributed by atoms with E-state index in [4.69, 9.17) is 4.74 Å². The number of halogens is 2. The third-order valence-electron chi connectivity index (χ3n) is 3.84. The summed E-state index contributed by atoms with van der Waals surface area (Å²) >= 11 is 1.29. The molecule has 0 saturated carbocycles. The Morgan fingerprint density at radius 2 is 1.93 bits per heavy atom. The molecule has 1 heterocycles. The highest BCUT2D eigenvalue weighted by molar-refractivity contribution is 8.03. The average molecular weight is 401 g/mol. The molecule has 3 aromatic rings. The molecule has 1 aromatic heterocycles. The number of ether oxygens (including phenoxy) is 1. The fourth-order valence-corrected chi connectivity index (χ4v) is 2.87. The fraction of sp³-hybridized carbons (Fsp3) is 0.0500. The SMILES string of the molecule is C=CSNc1ccc(Oc2ccc(F)cc2F)c(-c2c[nH]c(=O)c(NC)c2)c1. The number of anilines is 2. The summed E-state index contributed by atoms with van der Waals surface area (Å²) in [5.74, 6) is -1.27. The zero-order valence-electron chi connectivity index (χ0n) is 14.9. The largest absolute Gasteiger partial charge is 0.454 e. The van der Waals surface area contributed by atoms with E-state index in [-0.39, 0.29) is 11.3 Å². The predicted molar refractivity (Wildman–Crippen MR) is 110 cm³/mol. The summed E-state index contributed by atoms with van der Waals surface area (Å²) in [6.45, 7) is 3.63. The molecule has 0 aliphatic heterocycles. The second kappa shape index (κ2) is 8.62. The lowest BCUT2D eigenvalue weighted by Gasteiger charge is -2.14. The van der Waals surface area contributed by atoms with Gasteiger partial charge in [0.25, 0.3) is 5.56 Å². The van der Waals surface area contributed by atoms with Crippen LogP contribution < -0.4 is 20.3 Å². The summed E-state index contributed by atoms with van der Waals surface area (Å²) in [4.78, 5) is 14.5. The molecule has 0 saturated heterocycles. The van der Waals surface area contributed by atoms with E-state index in [1.807, 2.05) is 0 Å². The van der Waals surface area contributed by atoms with Crippen LogP contribution in [0.5, 0.6) is 11.5 Å². The standard InChI is InChI=1S/C20H17F2N3O2S/c1-3-28-25-14-5-7-18(27-19-6-4-13(21)9-16(19)22)15(10-14)12-8-17(23-2)20(26)24-11-12/h3-11,23,25H,1H2,2H3,(H,24,26). The van der Waals surface area contributed by atoms with Crippen molar-refractivity contribution in [2.24, 2.45) is 0 Å².